The summed E-state index contributed by atoms with van der Waals surface area (Å²) < 4.78 is 23.6. The Labute approximate surface area is 126 Å². The van der Waals surface area contributed by atoms with Crippen LogP contribution in [0.1, 0.15) is 33.6 Å². The van der Waals surface area contributed by atoms with Gasteiger partial charge >= 0.3 is 6.09 Å². The normalized spacial score (nSPS) is 18.0. The number of carbonyl (C=O) groups is 1. The summed E-state index contributed by atoms with van der Waals surface area (Å²) >= 11 is 0. The Bertz CT molecular complexity index is 366. The summed E-state index contributed by atoms with van der Waals surface area (Å²) in [7, 11) is 1.62. The van der Waals surface area contributed by atoms with E-state index < -0.39 is 11.7 Å². The lowest BCUT2D eigenvalue weighted by molar-refractivity contribution is 0.0477. The summed E-state index contributed by atoms with van der Waals surface area (Å²) in [5, 5.41) is 2.85. The summed E-state index contributed by atoms with van der Waals surface area (Å²) in [5.74, 6) is -0.107. The van der Waals surface area contributed by atoms with Gasteiger partial charge in [-0.25, -0.2) is 9.18 Å². The molecule has 0 saturated carbocycles. The highest BCUT2D eigenvalue weighted by Gasteiger charge is 2.22. The van der Waals surface area contributed by atoms with Crippen LogP contribution in [0.4, 0.5) is 9.18 Å². The van der Waals surface area contributed by atoms with E-state index in [1.807, 2.05) is 25.7 Å². The van der Waals surface area contributed by atoms with Gasteiger partial charge in [0.1, 0.15) is 11.4 Å². The lowest BCUT2D eigenvalue weighted by atomic mass is 10.1. The van der Waals surface area contributed by atoms with Gasteiger partial charge in [0, 0.05) is 32.8 Å². The number of ether oxygens (including phenoxy) is 2. The molecule has 1 atom stereocenters. The fraction of sp³-hybridized carbons (Fsp3) is 0.800. The predicted molar refractivity (Wildman–Crippen MR) is 79.9 cm³/mol. The topological polar surface area (TPSA) is 50.8 Å². The van der Waals surface area contributed by atoms with Crippen molar-refractivity contribution in [1.82, 2.24) is 10.2 Å². The number of carbonyl (C=O) groups excluding carboxylic acids is 1. The molecule has 5 nitrogen and oxygen atoms in total. The number of nitrogens with zero attached hydrogens (tertiary/aromatic N) is 1. The standard InChI is InChI=1S/C15H27FN2O3/c1-15(2,3)21-14(19)17-13(7-9-20-4)11-18-8-5-6-12(16)10-18/h6,13H,5,7-11H2,1-4H3,(H,17,19)/t13-/m1/s1. The molecular weight excluding hydrogens is 275 g/mol. The highest BCUT2D eigenvalue weighted by molar-refractivity contribution is 5.68. The zero-order valence-electron chi connectivity index (χ0n) is 13.4. The number of hydrogen-bond donors (Lipinski definition) is 1. The summed E-state index contributed by atoms with van der Waals surface area (Å²) in [6.45, 7) is 7.69. The molecule has 0 aromatic heterocycles. The second kappa shape index (κ2) is 8.34. The van der Waals surface area contributed by atoms with E-state index in [9.17, 15) is 9.18 Å². The Morgan fingerprint density at radius 2 is 2.24 bits per heavy atom. The van der Waals surface area contributed by atoms with Crippen molar-refractivity contribution in [3.8, 4) is 0 Å². The van der Waals surface area contributed by atoms with E-state index in [0.29, 0.717) is 32.5 Å². The third-order valence-corrected chi connectivity index (χ3v) is 3.06. The van der Waals surface area contributed by atoms with Crippen LogP contribution in [0.3, 0.4) is 0 Å². The SMILES string of the molecule is COCC[C@H](CN1CCC=C(F)C1)NC(=O)OC(C)(C)C. The number of hydrogen-bond acceptors (Lipinski definition) is 4. The minimum absolute atomic E-state index is 0.107. The molecule has 6 heteroatoms. The Morgan fingerprint density at radius 1 is 1.52 bits per heavy atom. The molecule has 1 aliphatic rings. The first-order valence-corrected chi connectivity index (χ1v) is 7.35. The zero-order valence-corrected chi connectivity index (χ0v) is 13.4. The van der Waals surface area contributed by atoms with Crippen molar-refractivity contribution < 1.29 is 18.7 Å². The Kier molecular flexibility index (Phi) is 7.11. The maximum atomic E-state index is 13.3. The van der Waals surface area contributed by atoms with Gasteiger partial charge in [-0.15, -0.1) is 0 Å². The monoisotopic (exact) mass is 302 g/mol. The van der Waals surface area contributed by atoms with E-state index >= 15 is 0 Å². The van der Waals surface area contributed by atoms with E-state index in [-0.39, 0.29) is 11.9 Å². The number of methoxy groups -OCH3 is 1. The molecule has 1 amide bonds. The van der Waals surface area contributed by atoms with Crippen molar-refractivity contribution in [2.24, 2.45) is 0 Å². The van der Waals surface area contributed by atoms with Gasteiger partial charge in [0.25, 0.3) is 0 Å². The molecule has 0 unspecified atom stereocenters. The second-order valence-corrected chi connectivity index (χ2v) is 6.30. The van der Waals surface area contributed by atoms with Gasteiger partial charge in [0.15, 0.2) is 0 Å². The third-order valence-electron chi connectivity index (χ3n) is 3.06. The molecule has 21 heavy (non-hydrogen) atoms. The highest BCUT2D eigenvalue weighted by Crippen LogP contribution is 2.12. The number of rotatable bonds is 6. The Hall–Kier alpha value is -1.14. The molecule has 1 N–H and O–H groups in total. The van der Waals surface area contributed by atoms with Crippen LogP contribution in [0.2, 0.25) is 0 Å². The molecular formula is C15H27FN2O3. The number of alkyl carbamates (subject to hydrolysis) is 1. The smallest absolute Gasteiger partial charge is 0.407 e. The number of nitrogens with one attached hydrogen (secondary N) is 1. The second-order valence-electron chi connectivity index (χ2n) is 6.30. The van der Waals surface area contributed by atoms with E-state index in [2.05, 4.69) is 5.32 Å². The Balaban J connectivity index is 2.50. The third kappa shape index (κ3) is 8.02. The van der Waals surface area contributed by atoms with Crippen molar-refractivity contribution in [3.05, 3.63) is 11.9 Å². The summed E-state index contributed by atoms with van der Waals surface area (Å²) in [4.78, 5) is 13.9. The zero-order chi connectivity index (χ0) is 15.9. The van der Waals surface area contributed by atoms with Crippen molar-refractivity contribution in [3.63, 3.8) is 0 Å². The highest BCUT2D eigenvalue weighted by atomic mass is 19.1. The minimum Gasteiger partial charge on any atom is -0.444 e. The average Bonchev–Trinajstić information content (AvgIpc) is 2.33. The summed E-state index contributed by atoms with van der Waals surface area (Å²) in [6, 6.07) is -0.120. The van der Waals surface area contributed by atoms with E-state index in [1.165, 1.54) is 0 Å². The first-order chi connectivity index (χ1) is 9.80. The molecule has 0 aromatic rings. The van der Waals surface area contributed by atoms with E-state index in [4.69, 9.17) is 9.47 Å². The molecule has 1 rings (SSSR count). The molecule has 0 saturated heterocycles. The molecule has 0 spiro atoms. The van der Waals surface area contributed by atoms with Crippen LogP contribution >= 0.6 is 0 Å². The molecule has 0 radical (unpaired) electrons. The molecule has 1 aliphatic heterocycles. The number of halogens is 1. The lowest BCUT2D eigenvalue weighted by Gasteiger charge is -2.30. The molecule has 0 bridgehead atoms. The maximum Gasteiger partial charge on any atom is 0.407 e. The van der Waals surface area contributed by atoms with Crippen LogP contribution in [-0.4, -0.2) is 56.0 Å². The van der Waals surface area contributed by atoms with Gasteiger partial charge in [0.2, 0.25) is 0 Å². The van der Waals surface area contributed by atoms with Crippen molar-refractivity contribution in [1.29, 1.82) is 0 Å². The first-order valence-electron chi connectivity index (χ1n) is 7.35. The molecule has 0 aromatic carbocycles. The van der Waals surface area contributed by atoms with Gasteiger partial charge in [-0.05, 0) is 33.6 Å². The van der Waals surface area contributed by atoms with Crippen LogP contribution in [0.15, 0.2) is 11.9 Å². The Morgan fingerprint density at radius 3 is 2.81 bits per heavy atom. The minimum atomic E-state index is -0.532. The van der Waals surface area contributed by atoms with Crippen molar-refractivity contribution >= 4 is 6.09 Å². The molecule has 0 aliphatic carbocycles. The summed E-state index contributed by atoms with van der Waals surface area (Å²) in [6.07, 6.45) is 2.53. The first kappa shape index (κ1) is 17.9. The van der Waals surface area contributed by atoms with Crippen molar-refractivity contribution in [2.75, 3.05) is 33.4 Å². The van der Waals surface area contributed by atoms with E-state index in [1.54, 1.807) is 13.2 Å². The average molecular weight is 302 g/mol. The van der Waals surface area contributed by atoms with Crippen LogP contribution in [-0.2, 0) is 9.47 Å². The van der Waals surface area contributed by atoms with Gasteiger partial charge in [-0.1, -0.05) is 6.08 Å². The maximum absolute atomic E-state index is 13.3. The van der Waals surface area contributed by atoms with Crippen LogP contribution in [0.25, 0.3) is 0 Å². The van der Waals surface area contributed by atoms with Crippen LogP contribution in [0.5, 0.6) is 0 Å². The van der Waals surface area contributed by atoms with Gasteiger partial charge in [0.05, 0.1) is 6.54 Å². The fourth-order valence-corrected chi connectivity index (χ4v) is 2.17. The van der Waals surface area contributed by atoms with Gasteiger partial charge in [-0.2, -0.15) is 0 Å². The summed E-state index contributed by atoms with van der Waals surface area (Å²) in [5.41, 5.74) is -0.532. The van der Waals surface area contributed by atoms with Crippen LogP contribution < -0.4 is 5.32 Å². The predicted octanol–water partition coefficient (Wildman–Crippen LogP) is 2.48. The fourth-order valence-electron chi connectivity index (χ4n) is 2.17. The van der Waals surface area contributed by atoms with Gasteiger partial charge < -0.3 is 14.8 Å². The van der Waals surface area contributed by atoms with Gasteiger partial charge in [-0.3, -0.25) is 4.90 Å². The molecule has 122 valence electrons. The van der Waals surface area contributed by atoms with Crippen LogP contribution in [0, 0.1) is 0 Å². The quantitative estimate of drug-likeness (QED) is 0.819. The van der Waals surface area contributed by atoms with E-state index in [0.717, 1.165) is 6.54 Å². The number of amides is 1. The van der Waals surface area contributed by atoms with Crippen molar-refractivity contribution in [2.45, 2.75) is 45.3 Å². The molecule has 0 fully saturated rings. The lowest BCUT2D eigenvalue weighted by Crippen LogP contribution is -2.47. The largest absolute Gasteiger partial charge is 0.444 e. The molecule has 1 heterocycles.